The largest absolute Gasteiger partial charge is 0.508 e. The van der Waals surface area contributed by atoms with Crippen molar-refractivity contribution in [2.45, 2.75) is 32.6 Å². The topological polar surface area (TPSA) is 75.0 Å². The summed E-state index contributed by atoms with van der Waals surface area (Å²) in [7, 11) is 0. The highest BCUT2D eigenvalue weighted by atomic mass is 32.2. The molecule has 1 amide bonds. The second kappa shape index (κ2) is 8.85. The standard InChI is InChI=1S/C24H27N3O3S/c1-4-24(2,3)18-14-16(8-9-20(18)28)19-7-5-6-17(25-19)15-21-22(29)26-23(31-21)27-10-12-30-13-11-27/h5-9,14-15,28H,4,10-13H2,1-3H3/b21-15-. The van der Waals surface area contributed by atoms with E-state index in [1.54, 1.807) is 12.1 Å². The number of amides is 1. The van der Waals surface area contributed by atoms with E-state index in [1.165, 1.54) is 11.8 Å². The van der Waals surface area contributed by atoms with E-state index < -0.39 is 0 Å². The number of pyridine rings is 1. The van der Waals surface area contributed by atoms with Crippen LogP contribution in [0.25, 0.3) is 17.3 Å². The maximum Gasteiger partial charge on any atom is 0.286 e. The van der Waals surface area contributed by atoms with Crippen LogP contribution in [0.1, 0.15) is 38.4 Å². The summed E-state index contributed by atoms with van der Waals surface area (Å²) in [5.41, 5.74) is 3.21. The molecule has 4 rings (SSSR count). The number of phenolic OH excluding ortho intramolecular Hbond substituents is 1. The molecule has 2 aliphatic heterocycles. The Morgan fingerprint density at radius 1 is 1.23 bits per heavy atom. The lowest BCUT2D eigenvalue weighted by Crippen LogP contribution is -2.38. The maximum atomic E-state index is 12.4. The summed E-state index contributed by atoms with van der Waals surface area (Å²) in [4.78, 5) is 24.0. The van der Waals surface area contributed by atoms with Gasteiger partial charge >= 0.3 is 0 Å². The van der Waals surface area contributed by atoms with E-state index in [0.717, 1.165) is 41.5 Å². The summed E-state index contributed by atoms with van der Waals surface area (Å²) in [5, 5.41) is 11.1. The van der Waals surface area contributed by atoms with Gasteiger partial charge in [-0.2, -0.15) is 4.99 Å². The number of aromatic nitrogens is 1. The fourth-order valence-corrected chi connectivity index (χ4v) is 4.49. The Morgan fingerprint density at radius 3 is 2.74 bits per heavy atom. The summed E-state index contributed by atoms with van der Waals surface area (Å²) >= 11 is 1.39. The molecule has 31 heavy (non-hydrogen) atoms. The Kier molecular flexibility index (Phi) is 6.16. The molecule has 0 unspecified atom stereocenters. The molecule has 162 valence electrons. The van der Waals surface area contributed by atoms with Crippen molar-refractivity contribution in [2.75, 3.05) is 26.3 Å². The van der Waals surface area contributed by atoms with Gasteiger partial charge in [-0.15, -0.1) is 0 Å². The molecule has 0 saturated carbocycles. The number of ether oxygens (including phenoxy) is 1. The summed E-state index contributed by atoms with van der Waals surface area (Å²) in [6, 6.07) is 11.4. The predicted octanol–water partition coefficient (Wildman–Crippen LogP) is 4.44. The molecule has 1 aromatic carbocycles. The first-order chi connectivity index (χ1) is 14.9. The van der Waals surface area contributed by atoms with Gasteiger partial charge in [-0.25, -0.2) is 4.98 Å². The molecule has 2 aliphatic rings. The van der Waals surface area contributed by atoms with Gasteiger partial charge < -0.3 is 14.7 Å². The SMILES string of the molecule is CCC(C)(C)c1cc(-c2cccc(/C=C3\SC(N4CCOCC4)=NC3=O)n2)ccc1O. The zero-order chi connectivity index (χ0) is 22.0. The van der Waals surface area contributed by atoms with Crippen molar-refractivity contribution in [3.63, 3.8) is 0 Å². The Bertz CT molecular complexity index is 1060. The monoisotopic (exact) mass is 437 g/mol. The van der Waals surface area contributed by atoms with E-state index in [9.17, 15) is 9.90 Å². The lowest BCUT2D eigenvalue weighted by atomic mass is 9.81. The first-order valence-corrected chi connectivity index (χ1v) is 11.4. The second-order valence-corrected chi connectivity index (χ2v) is 9.34. The van der Waals surface area contributed by atoms with Crippen LogP contribution in [0, 0.1) is 0 Å². The number of phenols is 1. The van der Waals surface area contributed by atoms with Crippen LogP contribution < -0.4 is 0 Å². The fourth-order valence-electron chi connectivity index (χ4n) is 3.54. The number of rotatable bonds is 4. The van der Waals surface area contributed by atoms with Crippen molar-refractivity contribution in [2.24, 2.45) is 4.99 Å². The van der Waals surface area contributed by atoms with Gasteiger partial charge in [-0.1, -0.05) is 26.8 Å². The number of nitrogens with zero attached hydrogens (tertiary/aromatic N) is 3. The van der Waals surface area contributed by atoms with Crippen molar-refractivity contribution < 1.29 is 14.6 Å². The first-order valence-electron chi connectivity index (χ1n) is 10.5. The van der Waals surface area contributed by atoms with Crippen LogP contribution >= 0.6 is 11.8 Å². The summed E-state index contributed by atoms with van der Waals surface area (Å²) in [6.45, 7) is 9.15. The van der Waals surface area contributed by atoms with E-state index in [-0.39, 0.29) is 11.3 Å². The number of carbonyl (C=O) groups excluding carboxylic acids is 1. The molecule has 1 N–H and O–H groups in total. The van der Waals surface area contributed by atoms with Gasteiger partial charge in [-0.05, 0) is 60.0 Å². The van der Waals surface area contributed by atoms with Crippen LogP contribution in [0.2, 0.25) is 0 Å². The summed E-state index contributed by atoms with van der Waals surface area (Å²) < 4.78 is 5.38. The average molecular weight is 438 g/mol. The van der Waals surface area contributed by atoms with E-state index in [1.807, 2.05) is 30.3 Å². The molecule has 2 aromatic rings. The number of hydrogen-bond acceptors (Lipinski definition) is 6. The second-order valence-electron chi connectivity index (χ2n) is 8.33. The van der Waals surface area contributed by atoms with Crippen LogP contribution in [0.5, 0.6) is 5.75 Å². The fraction of sp³-hybridized carbons (Fsp3) is 0.375. The highest BCUT2D eigenvalue weighted by Crippen LogP contribution is 2.36. The molecule has 0 spiro atoms. The Morgan fingerprint density at radius 2 is 2.00 bits per heavy atom. The van der Waals surface area contributed by atoms with Crippen LogP contribution in [0.3, 0.4) is 0 Å². The highest BCUT2D eigenvalue weighted by molar-refractivity contribution is 8.18. The van der Waals surface area contributed by atoms with E-state index >= 15 is 0 Å². The van der Waals surface area contributed by atoms with Gasteiger partial charge in [0.2, 0.25) is 0 Å². The molecule has 0 atom stereocenters. The van der Waals surface area contributed by atoms with Crippen LogP contribution in [-0.2, 0) is 14.9 Å². The Balaban J connectivity index is 1.58. The lowest BCUT2D eigenvalue weighted by molar-refractivity contribution is -0.113. The molecule has 1 fully saturated rings. The van der Waals surface area contributed by atoms with Gasteiger partial charge in [0.15, 0.2) is 5.17 Å². The highest BCUT2D eigenvalue weighted by Gasteiger charge is 2.27. The third kappa shape index (κ3) is 4.67. The van der Waals surface area contributed by atoms with Gasteiger partial charge in [0.25, 0.3) is 5.91 Å². The third-order valence-corrected chi connectivity index (χ3v) is 6.89. The molecule has 3 heterocycles. The number of amidine groups is 1. The van der Waals surface area contributed by atoms with Gasteiger partial charge in [0.1, 0.15) is 5.75 Å². The van der Waals surface area contributed by atoms with Crippen molar-refractivity contribution in [1.82, 2.24) is 9.88 Å². The minimum absolute atomic E-state index is 0.139. The first kappa shape index (κ1) is 21.6. The zero-order valence-electron chi connectivity index (χ0n) is 18.1. The van der Waals surface area contributed by atoms with E-state index in [0.29, 0.717) is 29.6 Å². The minimum atomic E-state index is -0.227. The van der Waals surface area contributed by atoms with Crippen molar-refractivity contribution in [3.05, 3.63) is 52.6 Å². The van der Waals surface area contributed by atoms with Crippen LogP contribution in [-0.4, -0.2) is 52.4 Å². The molecule has 6 nitrogen and oxygen atoms in total. The van der Waals surface area contributed by atoms with Gasteiger partial charge in [0.05, 0.1) is 29.5 Å². The molecule has 0 aliphatic carbocycles. The van der Waals surface area contributed by atoms with E-state index in [4.69, 9.17) is 9.72 Å². The van der Waals surface area contributed by atoms with Crippen molar-refractivity contribution in [1.29, 1.82) is 0 Å². The average Bonchev–Trinajstić information content (AvgIpc) is 3.15. The van der Waals surface area contributed by atoms with E-state index in [2.05, 4.69) is 30.7 Å². The zero-order valence-corrected chi connectivity index (χ0v) is 18.9. The minimum Gasteiger partial charge on any atom is -0.508 e. The molecule has 1 aromatic heterocycles. The lowest BCUT2D eigenvalue weighted by Gasteiger charge is -2.27. The third-order valence-electron chi connectivity index (χ3n) is 5.85. The number of hydrogen-bond donors (Lipinski definition) is 1. The molecule has 7 heteroatoms. The number of thioether (sulfide) groups is 1. The number of benzene rings is 1. The summed E-state index contributed by atoms with van der Waals surface area (Å²) in [5.74, 6) is 0.0740. The smallest absolute Gasteiger partial charge is 0.286 e. The van der Waals surface area contributed by atoms with Crippen LogP contribution in [0.15, 0.2) is 46.3 Å². The molecular formula is C24H27N3O3S. The number of aromatic hydroxyl groups is 1. The predicted molar refractivity (Wildman–Crippen MR) is 125 cm³/mol. The van der Waals surface area contributed by atoms with Crippen LogP contribution in [0.4, 0.5) is 0 Å². The molecule has 1 saturated heterocycles. The number of aliphatic imine (C=N–C) groups is 1. The quantitative estimate of drug-likeness (QED) is 0.713. The molecular weight excluding hydrogens is 410 g/mol. The Hall–Kier alpha value is -2.64. The number of morpholine rings is 1. The van der Waals surface area contributed by atoms with Gasteiger partial charge in [-0.3, -0.25) is 4.79 Å². The Labute approximate surface area is 187 Å². The van der Waals surface area contributed by atoms with Crippen molar-refractivity contribution in [3.8, 4) is 17.0 Å². The molecule has 0 bridgehead atoms. The normalized spacial score (nSPS) is 18.5. The van der Waals surface area contributed by atoms with Gasteiger partial charge in [0, 0.05) is 24.2 Å². The maximum absolute atomic E-state index is 12.4. The molecule has 0 radical (unpaired) electrons. The summed E-state index contributed by atoms with van der Waals surface area (Å²) in [6.07, 6.45) is 2.71. The van der Waals surface area contributed by atoms with Crippen molar-refractivity contribution >= 4 is 28.9 Å². The number of carbonyl (C=O) groups is 1.